The average molecular weight is 274 g/mol. The van der Waals surface area contributed by atoms with Crippen LogP contribution in [0, 0.1) is 5.41 Å². The molecule has 110 valence electrons. The number of hydrogen-bond acceptors (Lipinski definition) is 3. The van der Waals surface area contributed by atoms with E-state index < -0.39 is 0 Å². The van der Waals surface area contributed by atoms with E-state index in [9.17, 15) is 0 Å². The van der Waals surface area contributed by atoms with Crippen molar-refractivity contribution in [3.8, 4) is 0 Å². The summed E-state index contributed by atoms with van der Waals surface area (Å²) >= 11 is 0. The van der Waals surface area contributed by atoms with Crippen LogP contribution < -0.4 is 5.32 Å². The minimum atomic E-state index is 0.332. The molecule has 0 aliphatic carbocycles. The minimum Gasteiger partial charge on any atom is -0.347 e. The molecule has 1 atom stereocenters. The lowest BCUT2D eigenvalue weighted by Gasteiger charge is -2.35. The Morgan fingerprint density at radius 2 is 2.25 bits per heavy atom. The average Bonchev–Trinajstić information content (AvgIpc) is 2.86. The van der Waals surface area contributed by atoms with E-state index in [2.05, 4.69) is 47.0 Å². The number of fused-ring (bicyclic) bond motifs is 1. The van der Waals surface area contributed by atoms with Gasteiger partial charge in [-0.1, -0.05) is 32.4 Å². The zero-order valence-corrected chi connectivity index (χ0v) is 12.9. The molecule has 20 heavy (non-hydrogen) atoms. The number of aromatic amines is 1. The van der Waals surface area contributed by atoms with Crippen LogP contribution in [0.4, 0.5) is 0 Å². The number of hydrogen-bond donors (Lipinski definition) is 2. The molecule has 1 aromatic rings. The molecule has 0 radical (unpaired) electrons. The highest BCUT2D eigenvalue weighted by atomic mass is 15.2. The highest BCUT2D eigenvalue weighted by Gasteiger charge is 2.25. The third kappa shape index (κ3) is 2.96. The Labute approximate surface area is 121 Å². The predicted molar refractivity (Wildman–Crippen MR) is 81.5 cm³/mol. The number of imidazole rings is 1. The van der Waals surface area contributed by atoms with E-state index in [0.29, 0.717) is 11.5 Å². The summed E-state index contributed by atoms with van der Waals surface area (Å²) in [7, 11) is 0. The van der Waals surface area contributed by atoms with E-state index in [1.807, 2.05) is 6.33 Å². The lowest BCUT2D eigenvalue weighted by Crippen LogP contribution is -2.46. The van der Waals surface area contributed by atoms with Crippen molar-refractivity contribution in [2.75, 3.05) is 19.6 Å². The first-order chi connectivity index (χ1) is 9.52. The topological polar surface area (TPSA) is 44.0 Å². The van der Waals surface area contributed by atoms with Crippen molar-refractivity contribution in [1.29, 1.82) is 0 Å². The summed E-state index contributed by atoms with van der Waals surface area (Å²) in [5.41, 5.74) is 4.45. The number of rotatable bonds is 2. The first-order valence-corrected chi connectivity index (χ1v) is 7.69. The van der Waals surface area contributed by atoms with Crippen molar-refractivity contribution in [1.82, 2.24) is 20.2 Å². The van der Waals surface area contributed by atoms with Gasteiger partial charge in [-0.05, 0) is 11.8 Å². The van der Waals surface area contributed by atoms with Crippen LogP contribution in [0.15, 0.2) is 18.0 Å². The Bertz CT molecular complexity index is 495. The molecular weight excluding hydrogens is 248 g/mol. The maximum atomic E-state index is 4.42. The second-order valence-electron chi connectivity index (χ2n) is 7.10. The molecule has 0 spiro atoms. The van der Waals surface area contributed by atoms with Gasteiger partial charge < -0.3 is 10.3 Å². The van der Waals surface area contributed by atoms with Gasteiger partial charge in [0.05, 0.1) is 17.7 Å². The fourth-order valence-electron chi connectivity index (χ4n) is 3.23. The van der Waals surface area contributed by atoms with Gasteiger partial charge in [-0.25, -0.2) is 4.98 Å². The SMILES string of the molecule is CC(C)(C)C1=CCN(CC2Cc3nc[nH]c3CN2)CC1. The zero-order chi connectivity index (χ0) is 14.2. The summed E-state index contributed by atoms with van der Waals surface area (Å²) in [6, 6.07) is 0.537. The van der Waals surface area contributed by atoms with Crippen molar-refractivity contribution >= 4 is 0 Å². The van der Waals surface area contributed by atoms with Gasteiger partial charge in [0.1, 0.15) is 0 Å². The van der Waals surface area contributed by atoms with Crippen LogP contribution in [0.25, 0.3) is 0 Å². The van der Waals surface area contributed by atoms with Crippen LogP contribution in [0.1, 0.15) is 38.6 Å². The molecule has 4 nitrogen and oxygen atoms in total. The van der Waals surface area contributed by atoms with Gasteiger partial charge in [0.2, 0.25) is 0 Å². The third-order valence-electron chi connectivity index (χ3n) is 4.55. The summed E-state index contributed by atoms with van der Waals surface area (Å²) in [4.78, 5) is 10.2. The second kappa shape index (κ2) is 5.34. The lowest BCUT2D eigenvalue weighted by atomic mass is 9.83. The molecule has 2 aliphatic heterocycles. The number of aromatic nitrogens is 2. The summed E-state index contributed by atoms with van der Waals surface area (Å²) < 4.78 is 0. The molecular formula is C16H26N4. The molecule has 1 aromatic heterocycles. The number of nitrogens with zero attached hydrogens (tertiary/aromatic N) is 2. The van der Waals surface area contributed by atoms with Crippen molar-refractivity contribution < 1.29 is 0 Å². The molecule has 3 rings (SSSR count). The molecule has 0 bridgehead atoms. The summed E-state index contributed by atoms with van der Waals surface area (Å²) in [5, 5.41) is 3.62. The van der Waals surface area contributed by atoms with E-state index in [0.717, 1.165) is 26.1 Å². The van der Waals surface area contributed by atoms with Crippen molar-refractivity contribution in [3.63, 3.8) is 0 Å². The number of nitrogens with one attached hydrogen (secondary N) is 2. The highest BCUT2D eigenvalue weighted by molar-refractivity contribution is 5.17. The first kappa shape index (κ1) is 13.8. The molecule has 2 aliphatic rings. The van der Waals surface area contributed by atoms with E-state index in [1.54, 1.807) is 5.57 Å². The van der Waals surface area contributed by atoms with Crippen LogP contribution in [-0.2, 0) is 13.0 Å². The second-order valence-corrected chi connectivity index (χ2v) is 7.10. The van der Waals surface area contributed by atoms with E-state index >= 15 is 0 Å². The predicted octanol–water partition coefficient (Wildman–Crippen LogP) is 2.10. The molecule has 0 amide bonds. The smallest absolute Gasteiger partial charge is 0.0925 e. The van der Waals surface area contributed by atoms with Gasteiger partial charge >= 0.3 is 0 Å². The Kier molecular flexibility index (Phi) is 3.69. The van der Waals surface area contributed by atoms with Crippen LogP contribution in [0.3, 0.4) is 0 Å². The van der Waals surface area contributed by atoms with Gasteiger partial charge in [0.25, 0.3) is 0 Å². The number of H-pyrrole nitrogens is 1. The first-order valence-electron chi connectivity index (χ1n) is 7.69. The van der Waals surface area contributed by atoms with Crippen molar-refractivity contribution in [2.45, 2.75) is 46.2 Å². The Hall–Kier alpha value is -1.13. The van der Waals surface area contributed by atoms with Gasteiger partial charge in [0.15, 0.2) is 0 Å². The molecule has 3 heterocycles. The third-order valence-corrected chi connectivity index (χ3v) is 4.55. The van der Waals surface area contributed by atoms with Gasteiger partial charge in [-0.2, -0.15) is 0 Å². The van der Waals surface area contributed by atoms with Crippen molar-refractivity contribution in [2.24, 2.45) is 5.41 Å². The highest BCUT2D eigenvalue weighted by Crippen LogP contribution is 2.30. The van der Waals surface area contributed by atoms with Gasteiger partial charge in [-0.3, -0.25) is 4.90 Å². The van der Waals surface area contributed by atoms with Gasteiger partial charge in [-0.15, -0.1) is 0 Å². The van der Waals surface area contributed by atoms with Crippen LogP contribution in [0.2, 0.25) is 0 Å². The standard InChI is InChI=1S/C16H26N4/c1-16(2,3)12-4-6-20(7-5-12)10-13-8-14-15(9-17-13)19-11-18-14/h4,11,13,17H,5-10H2,1-3H3,(H,18,19). The molecule has 0 fully saturated rings. The summed E-state index contributed by atoms with van der Waals surface area (Å²) in [5.74, 6) is 0. The van der Waals surface area contributed by atoms with Gasteiger partial charge in [0, 0.05) is 38.6 Å². The van der Waals surface area contributed by atoms with Crippen molar-refractivity contribution in [3.05, 3.63) is 29.4 Å². The molecule has 2 N–H and O–H groups in total. The van der Waals surface area contributed by atoms with Crippen LogP contribution in [-0.4, -0.2) is 40.5 Å². The Morgan fingerprint density at radius 3 is 2.95 bits per heavy atom. The normalized spacial score (nSPS) is 24.4. The maximum absolute atomic E-state index is 4.42. The van der Waals surface area contributed by atoms with E-state index in [-0.39, 0.29) is 0 Å². The Morgan fingerprint density at radius 1 is 1.40 bits per heavy atom. The summed E-state index contributed by atoms with van der Waals surface area (Å²) in [6.07, 6.45) is 6.51. The minimum absolute atomic E-state index is 0.332. The summed E-state index contributed by atoms with van der Waals surface area (Å²) in [6.45, 7) is 11.3. The lowest BCUT2D eigenvalue weighted by molar-refractivity contribution is 0.241. The van der Waals surface area contributed by atoms with E-state index in [1.165, 1.54) is 24.4 Å². The zero-order valence-electron chi connectivity index (χ0n) is 12.9. The fraction of sp³-hybridized carbons (Fsp3) is 0.688. The molecule has 4 heteroatoms. The molecule has 0 saturated heterocycles. The Balaban J connectivity index is 1.55. The maximum Gasteiger partial charge on any atom is 0.0925 e. The quantitative estimate of drug-likeness (QED) is 0.812. The van der Waals surface area contributed by atoms with Crippen LogP contribution in [0.5, 0.6) is 0 Å². The van der Waals surface area contributed by atoms with Crippen LogP contribution >= 0.6 is 0 Å². The largest absolute Gasteiger partial charge is 0.347 e. The fourth-order valence-corrected chi connectivity index (χ4v) is 3.23. The monoisotopic (exact) mass is 274 g/mol. The molecule has 0 aromatic carbocycles. The molecule has 0 saturated carbocycles. The molecule has 1 unspecified atom stereocenters. The van der Waals surface area contributed by atoms with E-state index in [4.69, 9.17) is 0 Å².